The molecule has 1 rings (SSSR count). The Morgan fingerprint density at radius 2 is 2.00 bits per heavy atom. The zero-order chi connectivity index (χ0) is 9.35. The summed E-state index contributed by atoms with van der Waals surface area (Å²) in [6.45, 7) is 0. The number of aromatic nitrogens is 1. The van der Waals surface area contributed by atoms with Crippen LogP contribution in [0.4, 0.5) is 13.2 Å². The van der Waals surface area contributed by atoms with Crippen molar-refractivity contribution in [1.82, 2.24) is 4.98 Å². The molecule has 1 heterocycles. The molecule has 0 bridgehead atoms. The predicted molar refractivity (Wildman–Crippen MR) is 47.0 cm³/mol. The van der Waals surface area contributed by atoms with Crippen LogP contribution in [-0.2, 0) is 6.18 Å². The van der Waals surface area contributed by atoms with E-state index in [-0.39, 0.29) is 5.02 Å². The summed E-state index contributed by atoms with van der Waals surface area (Å²) in [5.74, 6) is 0. The van der Waals surface area contributed by atoms with E-state index in [4.69, 9.17) is 11.6 Å². The Balaban J connectivity index is 3.14. The second kappa shape index (κ2) is 3.37. The van der Waals surface area contributed by atoms with E-state index >= 15 is 0 Å². The lowest BCUT2D eigenvalue weighted by Crippen LogP contribution is -2.05. The van der Waals surface area contributed by atoms with Crippen LogP contribution in [0, 0.1) is 3.70 Å². The zero-order valence-electron chi connectivity index (χ0n) is 5.49. The molecule has 0 aliphatic carbocycles. The Hall–Kier alpha value is -0.0400. The van der Waals surface area contributed by atoms with Crippen molar-refractivity contribution in [2.24, 2.45) is 0 Å². The highest BCUT2D eigenvalue weighted by Crippen LogP contribution is 2.31. The molecular formula is C6H2ClF3IN. The maximum atomic E-state index is 12.0. The van der Waals surface area contributed by atoms with E-state index in [0.717, 1.165) is 12.3 Å². The van der Waals surface area contributed by atoms with E-state index in [1.165, 1.54) is 0 Å². The number of halogens is 5. The van der Waals surface area contributed by atoms with Gasteiger partial charge in [-0.25, -0.2) is 4.98 Å². The zero-order valence-corrected chi connectivity index (χ0v) is 8.41. The lowest BCUT2D eigenvalue weighted by molar-refractivity contribution is -0.137. The summed E-state index contributed by atoms with van der Waals surface area (Å²) in [6, 6.07) is 0.857. The molecule has 6 heteroatoms. The van der Waals surface area contributed by atoms with Gasteiger partial charge in [0.05, 0.1) is 10.6 Å². The van der Waals surface area contributed by atoms with Gasteiger partial charge >= 0.3 is 6.18 Å². The molecule has 1 aromatic rings. The van der Waals surface area contributed by atoms with E-state index in [1.54, 1.807) is 22.6 Å². The van der Waals surface area contributed by atoms with Crippen molar-refractivity contribution in [1.29, 1.82) is 0 Å². The molecule has 0 radical (unpaired) electrons. The summed E-state index contributed by atoms with van der Waals surface area (Å²) in [5, 5.41) is 0.0189. The Morgan fingerprint density at radius 3 is 2.42 bits per heavy atom. The highest BCUT2D eigenvalue weighted by atomic mass is 127. The van der Waals surface area contributed by atoms with Crippen molar-refractivity contribution >= 4 is 34.2 Å². The van der Waals surface area contributed by atoms with Crippen molar-refractivity contribution in [3.05, 3.63) is 26.5 Å². The van der Waals surface area contributed by atoms with Gasteiger partial charge in [-0.15, -0.1) is 0 Å². The van der Waals surface area contributed by atoms with E-state index in [9.17, 15) is 13.2 Å². The van der Waals surface area contributed by atoms with Crippen LogP contribution >= 0.6 is 34.2 Å². The Labute approximate surface area is 85.1 Å². The average Bonchev–Trinajstić information content (AvgIpc) is 1.92. The number of pyridine rings is 1. The molecular weight excluding hydrogens is 305 g/mol. The Bertz CT molecular complexity index is 299. The van der Waals surface area contributed by atoms with Crippen molar-refractivity contribution < 1.29 is 13.2 Å². The molecule has 0 atom stereocenters. The number of rotatable bonds is 0. The second-order valence-electron chi connectivity index (χ2n) is 1.99. The normalized spacial score (nSPS) is 11.8. The van der Waals surface area contributed by atoms with Crippen LogP contribution < -0.4 is 0 Å². The fourth-order valence-electron chi connectivity index (χ4n) is 0.576. The first-order chi connectivity index (χ1) is 5.41. The van der Waals surface area contributed by atoms with Gasteiger partial charge in [0.15, 0.2) is 0 Å². The average molecular weight is 307 g/mol. The number of nitrogens with zero attached hydrogens (tertiary/aromatic N) is 1. The summed E-state index contributed by atoms with van der Waals surface area (Å²) in [5.41, 5.74) is -0.826. The molecule has 0 amide bonds. The van der Waals surface area contributed by atoms with Crippen LogP contribution in [0.25, 0.3) is 0 Å². The molecule has 0 spiro atoms. The largest absolute Gasteiger partial charge is 0.417 e. The van der Waals surface area contributed by atoms with Gasteiger partial charge < -0.3 is 0 Å². The summed E-state index contributed by atoms with van der Waals surface area (Å²) < 4.78 is 36.4. The highest BCUT2D eigenvalue weighted by molar-refractivity contribution is 14.1. The first-order valence-electron chi connectivity index (χ1n) is 2.79. The predicted octanol–water partition coefficient (Wildman–Crippen LogP) is 3.36. The van der Waals surface area contributed by atoms with Crippen LogP contribution in [-0.4, -0.2) is 4.98 Å². The third-order valence-electron chi connectivity index (χ3n) is 1.12. The standard InChI is InChI=1S/C6H2ClF3IN/c7-4-1-3(6(8,9)10)2-12-5(4)11/h1-2H. The quantitative estimate of drug-likeness (QED) is 0.529. The van der Waals surface area contributed by atoms with E-state index in [0.29, 0.717) is 3.70 Å². The molecule has 0 saturated carbocycles. The molecule has 0 saturated heterocycles. The van der Waals surface area contributed by atoms with Crippen LogP contribution in [0.5, 0.6) is 0 Å². The Morgan fingerprint density at radius 1 is 1.42 bits per heavy atom. The van der Waals surface area contributed by atoms with Crippen LogP contribution in [0.2, 0.25) is 5.02 Å². The summed E-state index contributed by atoms with van der Waals surface area (Å²) in [7, 11) is 0. The van der Waals surface area contributed by atoms with Crippen LogP contribution in [0.3, 0.4) is 0 Å². The second-order valence-corrected chi connectivity index (χ2v) is 3.42. The van der Waals surface area contributed by atoms with Crippen LogP contribution in [0.15, 0.2) is 12.3 Å². The third-order valence-corrected chi connectivity index (χ3v) is 2.59. The monoisotopic (exact) mass is 307 g/mol. The van der Waals surface area contributed by atoms with Gasteiger partial charge in [0.2, 0.25) is 0 Å². The van der Waals surface area contributed by atoms with Gasteiger partial charge in [-0.2, -0.15) is 13.2 Å². The van der Waals surface area contributed by atoms with Gasteiger partial charge in [-0.1, -0.05) is 11.6 Å². The van der Waals surface area contributed by atoms with Crippen molar-refractivity contribution in [2.45, 2.75) is 6.18 Å². The summed E-state index contributed by atoms with van der Waals surface area (Å²) >= 11 is 7.21. The van der Waals surface area contributed by atoms with Crippen LogP contribution in [0.1, 0.15) is 5.56 Å². The van der Waals surface area contributed by atoms with Gasteiger partial charge in [0, 0.05) is 6.20 Å². The van der Waals surface area contributed by atoms with Gasteiger partial charge in [0.25, 0.3) is 0 Å². The number of hydrogen-bond acceptors (Lipinski definition) is 1. The number of alkyl halides is 3. The minimum Gasteiger partial charge on any atom is -0.248 e. The lowest BCUT2D eigenvalue weighted by atomic mass is 10.3. The molecule has 0 unspecified atom stereocenters. The molecule has 0 N–H and O–H groups in total. The van der Waals surface area contributed by atoms with Crippen molar-refractivity contribution in [3.8, 4) is 0 Å². The molecule has 1 aromatic heterocycles. The first-order valence-corrected chi connectivity index (χ1v) is 4.25. The molecule has 66 valence electrons. The first kappa shape index (κ1) is 10.0. The topological polar surface area (TPSA) is 12.9 Å². The van der Waals surface area contributed by atoms with Crippen molar-refractivity contribution in [3.63, 3.8) is 0 Å². The lowest BCUT2D eigenvalue weighted by Gasteiger charge is -2.05. The fraction of sp³-hybridized carbons (Fsp3) is 0.167. The SMILES string of the molecule is FC(F)(F)c1cnc(I)c(Cl)c1. The van der Waals surface area contributed by atoms with Gasteiger partial charge in [0.1, 0.15) is 3.70 Å². The number of hydrogen-bond donors (Lipinski definition) is 0. The Kier molecular flexibility index (Phi) is 2.82. The van der Waals surface area contributed by atoms with Gasteiger partial charge in [-0.05, 0) is 28.7 Å². The third kappa shape index (κ3) is 2.22. The maximum absolute atomic E-state index is 12.0. The molecule has 0 aliphatic rings. The van der Waals surface area contributed by atoms with E-state index in [2.05, 4.69) is 4.98 Å². The minimum absolute atomic E-state index is 0.0189. The smallest absolute Gasteiger partial charge is 0.248 e. The molecule has 0 aliphatic heterocycles. The molecule has 1 nitrogen and oxygen atoms in total. The highest BCUT2D eigenvalue weighted by Gasteiger charge is 2.31. The molecule has 0 aromatic carbocycles. The molecule has 0 fully saturated rings. The van der Waals surface area contributed by atoms with Crippen molar-refractivity contribution in [2.75, 3.05) is 0 Å². The fourth-order valence-corrected chi connectivity index (χ4v) is 1.04. The molecule has 12 heavy (non-hydrogen) atoms. The van der Waals surface area contributed by atoms with Gasteiger partial charge in [-0.3, -0.25) is 0 Å². The maximum Gasteiger partial charge on any atom is 0.417 e. The minimum atomic E-state index is -4.37. The summed E-state index contributed by atoms with van der Waals surface area (Å²) in [4.78, 5) is 3.48. The summed E-state index contributed by atoms with van der Waals surface area (Å²) in [6.07, 6.45) is -3.62. The van der Waals surface area contributed by atoms with E-state index < -0.39 is 11.7 Å². The van der Waals surface area contributed by atoms with E-state index in [1.807, 2.05) is 0 Å².